The van der Waals surface area contributed by atoms with Gasteiger partial charge in [0.25, 0.3) is 5.91 Å². The lowest BCUT2D eigenvalue weighted by atomic mass is 10.1. The Balaban J connectivity index is 2.31. The third kappa shape index (κ3) is 2.84. The van der Waals surface area contributed by atoms with E-state index in [1.807, 2.05) is 36.4 Å². The molecule has 1 amide bonds. The zero-order valence-electron chi connectivity index (χ0n) is 9.24. The van der Waals surface area contributed by atoms with Crippen molar-refractivity contribution in [3.63, 3.8) is 0 Å². The van der Waals surface area contributed by atoms with Crippen LogP contribution in [0.1, 0.15) is 10.4 Å². The average molecular weight is 293 g/mol. The molecule has 4 heteroatoms. The summed E-state index contributed by atoms with van der Waals surface area (Å²) in [6, 6.07) is 11.6. The number of carbonyl (C=O) groups excluding carboxylic acids is 1. The molecule has 3 nitrogen and oxygen atoms in total. The van der Waals surface area contributed by atoms with Crippen molar-refractivity contribution >= 4 is 32.6 Å². The summed E-state index contributed by atoms with van der Waals surface area (Å²) >= 11 is 3.42. The topological polar surface area (TPSA) is 55.1 Å². The Morgan fingerprint density at radius 2 is 1.88 bits per heavy atom. The molecule has 0 spiro atoms. The molecule has 0 aliphatic rings. The highest BCUT2D eigenvalue weighted by atomic mass is 79.9. The van der Waals surface area contributed by atoms with Gasteiger partial charge in [-0.25, -0.2) is 0 Å². The summed E-state index contributed by atoms with van der Waals surface area (Å²) in [6.07, 6.45) is 0. The molecule has 0 aliphatic carbocycles. The Bertz CT molecular complexity index is 554. The monoisotopic (exact) mass is 292 g/mol. The molecular formula is C13H13BrN2O. The molecule has 0 atom stereocenters. The third-order valence-corrected chi connectivity index (χ3v) is 2.99. The molecule has 2 rings (SSSR count). The summed E-state index contributed by atoms with van der Waals surface area (Å²) < 4.78 is 1.03. The van der Waals surface area contributed by atoms with Crippen LogP contribution in [0.25, 0.3) is 10.8 Å². The number of hydrogen-bond donors (Lipinski definition) is 2. The van der Waals surface area contributed by atoms with Crippen molar-refractivity contribution in [1.29, 1.82) is 0 Å². The lowest BCUT2D eigenvalue weighted by Crippen LogP contribution is -2.28. The van der Waals surface area contributed by atoms with E-state index in [0.29, 0.717) is 18.7 Å². The first-order valence-corrected chi connectivity index (χ1v) is 6.17. The molecule has 2 aromatic carbocycles. The molecule has 0 saturated carbocycles. The van der Waals surface area contributed by atoms with E-state index in [0.717, 1.165) is 15.2 Å². The van der Waals surface area contributed by atoms with E-state index in [1.165, 1.54) is 0 Å². The van der Waals surface area contributed by atoms with Crippen LogP contribution in [-0.4, -0.2) is 19.0 Å². The Labute approximate surface area is 108 Å². The molecule has 0 radical (unpaired) electrons. The van der Waals surface area contributed by atoms with Gasteiger partial charge in [0.1, 0.15) is 0 Å². The standard InChI is InChI=1S/C13H13BrN2O/c14-12-4-3-9-7-11(2-1-10(9)8-12)13(17)16-6-5-15/h1-4,7-8H,5-6,15H2,(H,16,17). The van der Waals surface area contributed by atoms with Crippen LogP contribution in [0, 0.1) is 0 Å². The van der Waals surface area contributed by atoms with Gasteiger partial charge in [-0.15, -0.1) is 0 Å². The molecule has 17 heavy (non-hydrogen) atoms. The highest BCUT2D eigenvalue weighted by Crippen LogP contribution is 2.20. The number of rotatable bonds is 3. The second kappa shape index (κ2) is 5.29. The number of benzene rings is 2. The SMILES string of the molecule is NCCNC(=O)c1ccc2cc(Br)ccc2c1. The van der Waals surface area contributed by atoms with Gasteiger partial charge in [-0.1, -0.05) is 28.1 Å². The number of carbonyl (C=O) groups is 1. The highest BCUT2D eigenvalue weighted by molar-refractivity contribution is 9.10. The van der Waals surface area contributed by atoms with E-state index in [4.69, 9.17) is 5.73 Å². The maximum atomic E-state index is 11.7. The van der Waals surface area contributed by atoms with Crippen molar-refractivity contribution in [2.24, 2.45) is 5.73 Å². The minimum absolute atomic E-state index is 0.0831. The van der Waals surface area contributed by atoms with Gasteiger partial charge < -0.3 is 11.1 Å². The molecule has 0 bridgehead atoms. The van der Waals surface area contributed by atoms with Crippen molar-refractivity contribution in [2.45, 2.75) is 0 Å². The fraction of sp³-hybridized carbons (Fsp3) is 0.154. The number of nitrogens with two attached hydrogens (primary N) is 1. The summed E-state index contributed by atoms with van der Waals surface area (Å²) in [6.45, 7) is 0.948. The van der Waals surface area contributed by atoms with Gasteiger partial charge in [0.15, 0.2) is 0 Å². The van der Waals surface area contributed by atoms with Gasteiger partial charge >= 0.3 is 0 Å². The zero-order valence-corrected chi connectivity index (χ0v) is 10.8. The Morgan fingerprint density at radius 1 is 1.18 bits per heavy atom. The minimum atomic E-state index is -0.0831. The summed E-state index contributed by atoms with van der Waals surface area (Å²) in [5.41, 5.74) is 6.00. The maximum Gasteiger partial charge on any atom is 0.251 e. The quantitative estimate of drug-likeness (QED) is 0.912. The van der Waals surface area contributed by atoms with Crippen LogP contribution in [0.5, 0.6) is 0 Å². The third-order valence-electron chi connectivity index (χ3n) is 2.49. The van der Waals surface area contributed by atoms with Crippen LogP contribution in [0.15, 0.2) is 40.9 Å². The molecule has 0 heterocycles. The number of halogens is 1. The lowest BCUT2D eigenvalue weighted by Gasteiger charge is -2.05. The van der Waals surface area contributed by atoms with E-state index in [1.54, 1.807) is 0 Å². The highest BCUT2D eigenvalue weighted by Gasteiger charge is 2.05. The lowest BCUT2D eigenvalue weighted by molar-refractivity contribution is 0.0955. The zero-order chi connectivity index (χ0) is 12.3. The molecule has 88 valence electrons. The van der Waals surface area contributed by atoms with Gasteiger partial charge in [0.05, 0.1) is 0 Å². The van der Waals surface area contributed by atoms with Crippen molar-refractivity contribution in [2.75, 3.05) is 13.1 Å². The molecule has 3 N–H and O–H groups in total. The summed E-state index contributed by atoms with van der Waals surface area (Å²) in [7, 11) is 0. The first-order valence-electron chi connectivity index (χ1n) is 5.38. The van der Waals surface area contributed by atoms with Crippen molar-refractivity contribution in [3.05, 3.63) is 46.4 Å². The predicted octanol–water partition coefficient (Wildman–Crippen LogP) is 2.29. The Hall–Kier alpha value is -1.39. The van der Waals surface area contributed by atoms with Crippen molar-refractivity contribution < 1.29 is 4.79 Å². The second-order valence-electron chi connectivity index (χ2n) is 3.75. The first kappa shape index (κ1) is 12.1. The molecular weight excluding hydrogens is 280 g/mol. The van der Waals surface area contributed by atoms with Gasteiger partial charge in [0.2, 0.25) is 0 Å². The largest absolute Gasteiger partial charge is 0.351 e. The predicted molar refractivity (Wildman–Crippen MR) is 73.0 cm³/mol. The molecule has 2 aromatic rings. The Morgan fingerprint density at radius 3 is 2.65 bits per heavy atom. The van der Waals surface area contributed by atoms with E-state index in [9.17, 15) is 4.79 Å². The molecule has 0 unspecified atom stereocenters. The van der Waals surface area contributed by atoms with Crippen LogP contribution in [0.3, 0.4) is 0 Å². The Kier molecular flexibility index (Phi) is 3.76. The van der Waals surface area contributed by atoms with E-state index in [-0.39, 0.29) is 5.91 Å². The molecule has 0 aromatic heterocycles. The summed E-state index contributed by atoms with van der Waals surface area (Å²) in [5, 5.41) is 4.91. The number of nitrogens with one attached hydrogen (secondary N) is 1. The number of fused-ring (bicyclic) bond motifs is 1. The van der Waals surface area contributed by atoms with E-state index in [2.05, 4.69) is 21.2 Å². The normalized spacial score (nSPS) is 10.5. The fourth-order valence-electron chi connectivity index (χ4n) is 1.65. The molecule has 0 aliphatic heterocycles. The maximum absolute atomic E-state index is 11.7. The minimum Gasteiger partial charge on any atom is -0.351 e. The average Bonchev–Trinajstić information content (AvgIpc) is 2.35. The van der Waals surface area contributed by atoms with Crippen LogP contribution in [0.4, 0.5) is 0 Å². The first-order chi connectivity index (χ1) is 8.20. The van der Waals surface area contributed by atoms with Crippen LogP contribution in [0.2, 0.25) is 0 Å². The number of amides is 1. The second-order valence-corrected chi connectivity index (χ2v) is 4.67. The fourth-order valence-corrected chi connectivity index (χ4v) is 2.02. The molecule has 0 fully saturated rings. The van der Waals surface area contributed by atoms with Crippen LogP contribution >= 0.6 is 15.9 Å². The molecule has 0 saturated heterocycles. The van der Waals surface area contributed by atoms with Crippen molar-refractivity contribution in [3.8, 4) is 0 Å². The number of hydrogen-bond acceptors (Lipinski definition) is 2. The van der Waals surface area contributed by atoms with Gasteiger partial charge in [-0.2, -0.15) is 0 Å². The smallest absolute Gasteiger partial charge is 0.251 e. The van der Waals surface area contributed by atoms with E-state index < -0.39 is 0 Å². The van der Waals surface area contributed by atoms with Crippen LogP contribution in [-0.2, 0) is 0 Å². The van der Waals surface area contributed by atoms with Gasteiger partial charge in [-0.3, -0.25) is 4.79 Å². The summed E-state index contributed by atoms with van der Waals surface area (Å²) in [4.78, 5) is 11.7. The van der Waals surface area contributed by atoms with Gasteiger partial charge in [0, 0.05) is 23.1 Å². The summed E-state index contributed by atoms with van der Waals surface area (Å²) in [5.74, 6) is -0.0831. The van der Waals surface area contributed by atoms with E-state index >= 15 is 0 Å². The van der Waals surface area contributed by atoms with Gasteiger partial charge in [-0.05, 0) is 35.0 Å². The van der Waals surface area contributed by atoms with Crippen molar-refractivity contribution in [1.82, 2.24) is 5.32 Å². The van der Waals surface area contributed by atoms with Crippen LogP contribution < -0.4 is 11.1 Å².